The predicted molar refractivity (Wildman–Crippen MR) is 79.4 cm³/mol. The van der Waals surface area contributed by atoms with E-state index in [1.165, 1.54) is 57.8 Å². The molecule has 5 aliphatic carbocycles. The Labute approximate surface area is 122 Å². The van der Waals surface area contributed by atoms with Crippen LogP contribution in [0, 0.1) is 23.2 Å². The van der Waals surface area contributed by atoms with Gasteiger partial charge in [-0.2, -0.15) is 0 Å². The number of carbonyl (C=O) groups is 1. The first kappa shape index (κ1) is 13.0. The molecule has 0 radical (unpaired) electrons. The van der Waals surface area contributed by atoms with E-state index in [1.807, 2.05) is 0 Å². The van der Waals surface area contributed by atoms with Crippen molar-refractivity contribution in [3.8, 4) is 0 Å². The van der Waals surface area contributed by atoms with Crippen LogP contribution in [0.2, 0.25) is 0 Å². The lowest BCUT2D eigenvalue weighted by Crippen LogP contribution is -2.58. The third-order valence-electron chi connectivity index (χ3n) is 6.79. The fraction of sp³-hybridized carbons (Fsp3) is 0.941. The van der Waals surface area contributed by atoms with Gasteiger partial charge in [-0.3, -0.25) is 0 Å². The summed E-state index contributed by atoms with van der Waals surface area (Å²) in [7, 11) is 0. The normalized spacial score (nSPS) is 44.0. The van der Waals surface area contributed by atoms with Crippen LogP contribution >= 0.6 is 0 Å². The third-order valence-corrected chi connectivity index (χ3v) is 6.79. The molecular weight excluding hydrogens is 248 g/mol. The van der Waals surface area contributed by atoms with Crippen molar-refractivity contribution in [2.24, 2.45) is 23.2 Å². The van der Waals surface area contributed by atoms with Crippen LogP contribution in [0.15, 0.2) is 0 Å². The molecule has 3 nitrogen and oxygen atoms in total. The predicted octanol–water partition coefficient (Wildman–Crippen LogP) is 3.44. The Balaban J connectivity index is 1.40. The Bertz CT molecular complexity index is 367. The Morgan fingerprint density at radius 1 is 1.05 bits per heavy atom. The molecule has 4 bridgehead atoms. The molecule has 20 heavy (non-hydrogen) atoms. The number of hydrogen-bond donors (Lipinski definition) is 2. The van der Waals surface area contributed by atoms with E-state index in [-0.39, 0.29) is 6.03 Å². The first-order chi connectivity index (χ1) is 9.63. The summed E-state index contributed by atoms with van der Waals surface area (Å²) in [6.45, 7) is 2.26. The van der Waals surface area contributed by atoms with E-state index in [1.54, 1.807) is 0 Å². The maximum Gasteiger partial charge on any atom is 0.315 e. The molecule has 0 aromatic heterocycles. The first-order valence-electron chi connectivity index (χ1n) is 8.70. The smallest absolute Gasteiger partial charge is 0.315 e. The minimum atomic E-state index is 0.0814. The largest absolute Gasteiger partial charge is 0.335 e. The van der Waals surface area contributed by atoms with E-state index in [2.05, 4.69) is 17.6 Å². The van der Waals surface area contributed by atoms with Crippen LogP contribution in [0.25, 0.3) is 0 Å². The van der Waals surface area contributed by atoms with Gasteiger partial charge >= 0.3 is 6.03 Å². The topological polar surface area (TPSA) is 41.1 Å². The summed E-state index contributed by atoms with van der Waals surface area (Å²) < 4.78 is 0. The molecule has 5 saturated carbocycles. The highest BCUT2D eigenvalue weighted by atomic mass is 16.2. The Hall–Kier alpha value is -0.730. The number of urea groups is 1. The van der Waals surface area contributed by atoms with Crippen molar-refractivity contribution in [1.29, 1.82) is 0 Å². The van der Waals surface area contributed by atoms with Gasteiger partial charge in [-0.15, -0.1) is 0 Å². The van der Waals surface area contributed by atoms with Gasteiger partial charge < -0.3 is 10.6 Å². The second kappa shape index (κ2) is 4.64. The molecule has 1 unspecified atom stereocenters. The van der Waals surface area contributed by atoms with Crippen LogP contribution in [-0.4, -0.2) is 18.1 Å². The van der Waals surface area contributed by atoms with Crippen LogP contribution in [0.4, 0.5) is 4.79 Å². The number of amides is 2. The van der Waals surface area contributed by atoms with E-state index in [0.717, 1.165) is 17.8 Å². The van der Waals surface area contributed by atoms with E-state index < -0.39 is 0 Å². The molecule has 0 aromatic carbocycles. The molecule has 0 aromatic rings. The van der Waals surface area contributed by atoms with Crippen molar-refractivity contribution in [2.75, 3.05) is 0 Å². The van der Waals surface area contributed by atoms with Gasteiger partial charge in [0, 0.05) is 12.1 Å². The molecule has 2 amide bonds. The van der Waals surface area contributed by atoms with Gasteiger partial charge in [0.05, 0.1) is 0 Å². The maximum absolute atomic E-state index is 12.1. The second-order valence-corrected chi connectivity index (χ2v) is 8.25. The molecule has 0 spiro atoms. The summed E-state index contributed by atoms with van der Waals surface area (Å²) in [6, 6.07) is 0.868. The van der Waals surface area contributed by atoms with Crippen molar-refractivity contribution in [2.45, 2.75) is 76.8 Å². The van der Waals surface area contributed by atoms with Crippen LogP contribution < -0.4 is 10.6 Å². The molecule has 3 heteroatoms. The van der Waals surface area contributed by atoms with Gasteiger partial charge in [-0.1, -0.05) is 0 Å². The molecule has 0 heterocycles. The quantitative estimate of drug-likeness (QED) is 0.814. The summed E-state index contributed by atoms with van der Waals surface area (Å²) in [5, 5.41) is 6.42. The van der Waals surface area contributed by atoms with E-state index in [4.69, 9.17) is 0 Å². The molecule has 5 fully saturated rings. The molecule has 0 aliphatic heterocycles. The minimum Gasteiger partial charge on any atom is -0.335 e. The molecule has 112 valence electrons. The number of rotatable bonds is 3. The molecular formula is C17H28N2O. The van der Waals surface area contributed by atoms with Crippen molar-refractivity contribution in [1.82, 2.24) is 10.6 Å². The molecule has 1 atom stereocenters. The average Bonchev–Trinajstić information content (AvgIpc) is 2.32. The van der Waals surface area contributed by atoms with Crippen molar-refractivity contribution < 1.29 is 4.79 Å². The Kier molecular flexibility index (Phi) is 3.01. The number of nitrogens with one attached hydrogen (secondary N) is 2. The van der Waals surface area contributed by atoms with E-state index in [0.29, 0.717) is 17.5 Å². The fourth-order valence-electron chi connectivity index (χ4n) is 5.84. The zero-order valence-electron chi connectivity index (χ0n) is 12.7. The van der Waals surface area contributed by atoms with Crippen LogP contribution in [0.5, 0.6) is 0 Å². The summed E-state index contributed by atoms with van der Waals surface area (Å²) in [6.07, 6.45) is 12.1. The standard InChI is InChI=1S/C17H28N2O/c1-11(18-16(20)19-15-3-2-4-15)17-8-12-5-13(9-17)7-14(6-12)10-17/h11-15H,2-10H2,1H3,(H2,18,19,20). The maximum atomic E-state index is 12.1. The molecule has 5 aliphatic rings. The average molecular weight is 276 g/mol. The second-order valence-electron chi connectivity index (χ2n) is 8.25. The van der Waals surface area contributed by atoms with Gasteiger partial charge in [-0.25, -0.2) is 4.79 Å². The lowest BCUT2D eigenvalue weighted by Gasteiger charge is -2.59. The van der Waals surface area contributed by atoms with Crippen LogP contribution in [-0.2, 0) is 0 Å². The summed E-state index contributed by atoms with van der Waals surface area (Å²) in [5.74, 6) is 2.88. The molecule has 0 saturated heterocycles. The van der Waals surface area contributed by atoms with Gasteiger partial charge in [0.2, 0.25) is 0 Å². The monoisotopic (exact) mass is 276 g/mol. The van der Waals surface area contributed by atoms with E-state index in [9.17, 15) is 4.79 Å². The third kappa shape index (κ3) is 2.14. The van der Waals surface area contributed by atoms with Crippen LogP contribution in [0.1, 0.15) is 64.7 Å². The summed E-state index contributed by atoms with van der Waals surface area (Å²) in [5.41, 5.74) is 0.422. The SMILES string of the molecule is CC(NC(=O)NC1CCC1)C12CC3CC(CC(C3)C1)C2. The van der Waals surface area contributed by atoms with E-state index >= 15 is 0 Å². The van der Waals surface area contributed by atoms with Crippen LogP contribution in [0.3, 0.4) is 0 Å². The summed E-state index contributed by atoms with van der Waals surface area (Å²) >= 11 is 0. The first-order valence-corrected chi connectivity index (χ1v) is 8.70. The molecule has 2 N–H and O–H groups in total. The zero-order valence-corrected chi connectivity index (χ0v) is 12.7. The van der Waals surface area contributed by atoms with Crippen molar-refractivity contribution in [3.05, 3.63) is 0 Å². The minimum absolute atomic E-state index is 0.0814. The van der Waals surface area contributed by atoms with Gasteiger partial charge in [0.25, 0.3) is 0 Å². The van der Waals surface area contributed by atoms with Gasteiger partial charge in [0.1, 0.15) is 0 Å². The highest BCUT2D eigenvalue weighted by Gasteiger charge is 2.53. The van der Waals surface area contributed by atoms with Gasteiger partial charge in [0.15, 0.2) is 0 Å². The highest BCUT2D eigenvalue weighted by Crippen LogP contribution is 2.61. The Morgan fingerprint density at radius 2 is 1.60 bits per heavy atom. The number of hydrogen-bond acceptors (Lipinski definition) is 1. The van der Waals surface area contributed by atoms with Crippen molar-refractivity contribution >= 4 is 6.03 Å². The molecule has 5 rings (SSSR count). The highest BCUT2D eigenvalue weighted by molar-refractivity contribution is 5.74. The zero-order chi connectivity index (χ0) is 13.7. The summed E-state index contributed by atoms with van der Waals surface area (Å²) in [4.78, 5) is 12.1. The lowest BCUT2D eigenvalue weighted by molar-refractivity contribution is -0.0682. The Morgan fingerprint density at radius 3 is 2.05 bits per heavy atom. The fourth-order valence-corrected chi connectivity index (χ4v) is 5.84. The van der Waals surface area contributed by atoms with Crippen molar-refractivity contribution in [3.63, 3.8) is 0 Å². The van der Waals surface area contributed by atoms with Gasteiger partial charge in [-0.05, 0) is 87.9 Å². The lowest BCUT2D eigenvalue weighted by atomic mass is 9.48. The number of carbonyl (C=O) groups excluding carboxylic acids is 1.